The van der Waals surface area contributed by atoms with Gasteiger partial charge < -0.3 is 10.1 Å². The first-order chi connectivity index (χ1) is 11.0. The summed E-state index contributed by atoms with van der Waals surface area (Å²) in [6.07, 6.45) is 0. The molecule has 0 atom stereocenters. The summed E-state index contributed by atoms with van der Waals surface area (Å²) in [5.41, 5.74) is 0.856. The van der Waals surface area contributed by atoms with Crippen molar-refractivity contribution in [3.8, 4) is 5.75 Å². The van der Waals surface area contributed by atoms with Crippen molar-refractivity contribution in [1.82, 2.24) is 0 Å². The topological polar surface area (TPSA) is 55.4 Å². The molecule has 1 aliphatic heterocycles. The van der Waals surface area contributed by atoms with E-state index in [-0.39, 0.29) is 24.1 Å². The predicted octanol–water partition coefficient (Wildman–Crippen LogP) is 3.27. The van der Waals surface area contributed by atoms with Gasteiger partial charge in [0, 0.05) is 10.5 Å². The molecule has 7 heteroatoms. The lowest BCUT2D eigenvalue weighted by Gasteiger charge is -2.18. The largest absolute Gasteiger partial charge is 0.482 e. The normalized spacial score (nSPS) is 13.0. The number of rotatable bonds is 4. The minimum atomic E-state index is -0.948. The maximum absolute atomic E-state index is 13.1. The minimum absolute atomic E-state index is 0.0493. The van der Waals surface area contributed by atoms with Crippen molar-refractivity contribution in [3.05, 3.63) is 53.6 Å². The number of hydrogen-bond donors (Lipinski definition) is 1. The molecule has 3 rings (SSSR count). The van der Waals surface area contributed by atoms with Crippen LogP contribution in [0.25, 0.3) is 0 Å². The number of hydrogen-bond acceptors (Lipinski definition) is 4. The number of amides is 1. The number of anilines is 1. The van der Waals surface area contributed by atoms with E-state index in [9.17, 15) is 18.4 Å². The molecule has 1 aliphatic rings. The molecule has 1 heterocycles. The zero-order chi connectivity index (χ0) is 16.4. The second kappa shape index (κ2) is 6.37. The molecule has 0 aromatic heterocycles. The second-order valence-electron chi connectivity index (χ2n) is 4.84. The molecule has 0 saturated carbocycles. The second-order valence-corrected chi connectivity index (χ2v) is 5.88. The van der Waals surface area contributed by atoms with E-state index in [1.807, 2.05) is 0 Å². The fourth-order valence-electron chi connectivity index (χ4n) is 2.06. The zero-order valence-electron chi connectivity index (χ0n) is 11.8. The van der Waals surface area contributed by atoms with Gasteiger partial charge in [-0.2, -0.15) is 0 Å². The Kier molecular flexibility index (Phi) is 4.29. The molecule has 1 N–H and O–H groups in total. The Hall–Kier alpha value is -2.41. The van der Waals surface area contributed by atoms with Crippen LogP contribution in [0.1, 0.15) is 10.4 Å². The summed E-state index contributed by atoms with van der Waals surface area (Å²) in [6, 6.07) is 8.24. The zero-order valence-corrected chi connectivity index (χ0v) is 12.6. The van der Waals surface area contributed by atoms with Crippen molar-refractivity contribution in [3.63, 3.8) is 0 Å². The van der Waals surface area contributed by atoms with Crippen LogP contribution in [0, 0.1) is 11.6 Å². The molecule has 0 saturated heterocycles. The highest BCUT2D eigenvalue weighted by Gasteiger charge is 2.18. The van der Waals surface area contributed by atoms with E-state index in [2.05, 4.69) is 5.32 Å². The molecule has 0 bridgehead atoms. The average molecular weight is 335 g/mol. The van der Waals surface area contributed by atoms with Crippen LogP contribution in [0.4, 0.5) is 14.5 Å². The van der Waals surface area contributed by atoms with E-state index in [1.54, 1.807) is 18.2 Å². The van der Waals surface area contributed by atoms with Crippen LogP contribution < -0.4 is 10.1 Å². The number of ether oxygens (including phenoxy) is 1. The molecule has 2 aromatic carbocycles. The Labute approximate surface area is 134 Å². The van der Waals surface area contributed by atoms with Crippen LogP contribution in [-0.4, -0.2) is 24.1 Å². The van der Waals surface area contributed by atoms with E-state index in [4.69, 9.17) is 4.74 Å². The van der Waals surface area contributed by atoms with Gasteiger partial charge in [-0.15, -0.1) is 11.8 Å². The maximum Gasteiger partial charge on any atom is 0.262 e. The third-order valence-corrected chi connectivity index (χ3v) is 4.19. The van der Waals surface area contributed by atoms with Crippen LogP contribution >= 0.6 is 11.8 Å². The van der Waals surface area contributed by atoms with Crippen molar-refractivity contribution in [1.29, 1.82) is 0 Å². The van der Waals surface area contributed by atoms with E-state index >= 15 is 0 Å². The van der Waals surface area contributed by atoms with Crippen LogP contribution in [0.15, 0.2) is 41.3 Å². The first kappa shape index (κ1) is 15.5. The van der Waals surface area contributed by atoms with Gasteiger partial charge in [-0.25, -0.2) is 8.78 Å². The molecular weight excluding hydrogens is 324 g/mol. The third kappa shape index (κ3) is 3.50. The van der Waals surface area contributed by atoms with Crippen LogP contribution in [0.2, 0.25) is 0 Å². The molecule has 0 radical (unpaired) electrons. The third-order valence-electron chi connectivity index (χ3n) is 3.20. The SMILES string of the molecule is O=C1COc2ccc(C(=O)CSc3ccc(F)c(F)c3)cc2N1. The number of carbonyl (C=O) groups excluding carboxylic acids is 2. The smallest absolute Gasteiger partial charge is 0.262 e. The van der Waals surface area contributed by atoms with Gasteiger partial charge >= 0.3 is 0 Å². The number of fused-ring (bicyclic) bond motifs is 1. The highest BCUT2D eigenvalue weighted by atomic mass is 32.2. The Morgan fingerprint density at radius 1 is 1.17 bits per heavy atom. The quantitative estimate of drug-likeness (QED) is 0.688. The van der Waals surface area contributed by atoms with E-state index in [0.717, 1.165) is 23.9 Å². The molecule has 0 unspecified atom stereocenters. The Balaban J connectivity index is 1.69. The van der Waals surface area contributed by atoms with E-state index in [1.165, 1.54) is 6.07 Å². The van der Waals surface area contributed by atoms with Crippen molar-refractivity contribution in [2.75, 3.05) is 17.7 Å². The van der Waals surface area contributed by atoms with Gasteiger partial charge in [-0.3, -0.25) is 9.59 Å². The number of Topliss-reactive ketones (excluding diaryl/α,β-unsaturated/α-hetero) is 1. The lowest BCUT2D eigenvalue weighted by molar-refractivity contribution is -0.118. The fraction of sp³-hybridized carbons (Fsp3) is 0.125. The van der Waals surface area contributed by atoms with E-state index in [0.29, 0.717) is 21.9 Å². The van der Waals surface area contributed by atoms with Crippen LogP contribution in [0.5, 0.6) is 5.75 Å². The molecule has 1 amide bonds. The Bertz CT molecular complexity index is 795. The Morgan fingerprint density at radius 2 is 2.00 bits per heavy atom. The van der Waals surface area contributed by atoms with Gasteiger partial charge in [0.2, 0.25) is 0 Å². The van der Waals surface area contributed by atoms with Crippen molar-refractivity contribution in [2.45, 2.75) is 4.90 Å². The number of nitrogens with one attached hydrogen (secondary N) is 1. The monoisotopic (exact) mass is 335 g/mol. The highest BCUT2D eigenvalue weighted by molar-refractivity contribution is 8.00. The molecule has 2 aromatic rings. The summed E-state index contributed by atoms with van der Waals surface area (Å²) < 4.78 is 31.2. The lowest BCUT2D eigenvalue weighted by Crippen LogP contribution is -2.25. The van der Waals surface area contributed by atoms with Gasteiger partial charge in [0.25, 0.3) is 5.91 Å². The number of halogens is 2. The van der Waals surface area contributed by atoms with Gasteiger partial charge in [-0.05, 0) is 36.4 Å². The summed E-state index contributed by atoms with van der Waals surface area (Å²) in [7, 11) is 0. The van der Waals surface area contributed by atoms with E-state index < -0.39 is 11.6 Å². The van der Waals surface area contributed by atoms with Crippen molar-refractivity contribution >= 4 is 29.1 Å². The van der Waals surface area contributed by atoms with Gasteiger partial charge in [0.05, 0.1) is 11.4 Å². The summed E-state index contributed by atoms with van der Waals surface area (Å²) in [5, 5.41) is 2.63. The molecule has 0 spiro atoms. The fourth-order valence-corrected chi connectivity index (χ4v) is 2.87. The molecule has 0 fully saturated rings. The van der Waals surface area contributed by atoms with Crippen LogP contribution in [-0.2, 0) is 4.79 Å². The first-order valence-corrected chi connectivity index (χ1v) is 7.69. The number of ketones is 1. The van der Waals surface area contributed by atoms with Crippen LogP contribution in [0.3, 0.4) is 0 Å². The standard InChI is InChI=1S/C16H11F2NO3S/c17-11-3-2-10(6-12(11)18)23-8-14(20)9-1-4-15-13(5-9)19-16(21)7-22-15/h1-6H,7-8H2,(H,19,21). The molecule has 23 heavy (non-hydrogen) atoms. The van der Waals surface area contributed by atoms with Gasteiger partial charge in [-0.1, -0.05) is 0 Å². The number of benzene rings is 2. The summed E-state index contributed by atoms with van der Waals surface area (Å²) >= 11 is 1.11. The molecule has 0 aliphatic carbocycles. The predicted molar refractivity (Wildman–Crippen MR) is 82.0 cm³/mol. The summed E-state index contributed by atoms with van der Waals surface area (Å²) in [6.45, 7) is -0.0493. The van der Waals surface area contributed by atoms with Crippen molar-refractivity contribution < 1.29 is 23.1 Å². The summed E-state index contributed by atoms with van der Waals surface area (Å²) in [5.74, 6) is -1.77. The Morgan fingerprint density at radius 3 is 2.78 bits per heavy atom. The lowest BCUT2D eigenvalue weighted by atomic mass is 10.1. The summed E-state index contributed by atoms with van der Waals surface area (Å²) in [4.78, 5) is 23.9. The van der Waals surface area contributed by atoms with Crippen molar-refractivity contribution in [2.24, 2.45) is 0 Å². The molecule has 118 valence electrons. The maximum atomic E-state index is 13.1. The first-order valence-electron chi connectivity index (χ1n) is 6.70. The van der Waals surface area contributed by atoms with Gasteiger partial charge in [0.1, 0.15) is 5.75 Å². The number of carbonyl (C=O) groups is 2. The molecular formula is C16H11F2NO3S. The highest BCUT2D eigenvalue weighted by Crippen LogP contribution is 2.29. The average Bonchev–Trinajstić information content (AvgIpc) is 2.55. The molecule has 4 nitrogen and oxygen atoms in total. The minimum Gasteiger partial charge on any atom is -0.482 e. The number of thioether (sulfide) groups is 1. The van der Waals surface area contributed by atoms with Gasteiger partial charge in [0.15, 0.2) is 24.0 Å².